The van der Waals surface area contributed by atoms with Crippen LogP contribution >= 0.6 is 11.6 Å². The van der Waals surface area contributed by atoms with Crippen molar-refractivity contribution in [1.29, 1.82) is 0 Å². The number of nitrogens with zero attached hydrogens (tertiary/aromatic N) is 4. The topological polar surface area (TPSA) is 57.7 Å². The molecular weight excluding hydrogens is 262 g/mol. The molecule has 2 rings (SSSR count). The molecular formula is C13H22ClN5. The largest absolute Gasteiger partial charge is 0.341 e. The Labute approximate surface area is 119 Å². The molecule has 0 radical (unpaired) electrons. The van der Waals surface area contributed by atoms with E-state index in [1.807, 2.05) is 0 Å². The Balaban J connectivity index is 0.000000192. The van der Waals surface area contributed by atoms with Crippen LogP contribution in [0.15, 0.2) is 12.7 Å². The van der Waals surface area contributed by atoms with E-state index in [0.717, 1.165) is 6.54 Å². The quantitative estimate of drug-likeness (QED) is 0.879. The average Bonchev–Trinajstić information content (AvgIpc) is 2.79. The number of halogens is 1. The van der Waals surface area contributed by atoms with Gasteiger partial charge < -0.3 is 4.98 Å². The van der Waals surface area contributed by atoms with Crippen molar-refractivity contribution in [2.24, 2.45) is 0 Å². The van der Waals surface area contributed by atoms with Crippen LogP contribution in [-0.2, 0) is 0 Å². The second-order valence-electron chi connectivity index (χ2n) is 4.78. The first kappa shape index (κ1) is 15.9. The van der Waals surface area contributed by atoms with Crippen molar-refractivity contribution in [3.63, 3.8) is 0 Å². The Morgan fingerprint density at radius 3 is 2.21 bits per heavy atom. The van der Waals surface area contributed by atoms with Gasteiger partial charge >= 0.3 is 0 Å². The fraction of sp³-hybridized carbons (Fsp3) is 0.615. The van der Waals surface area contributed by atoms with Crippen molar-refractivity contribution >= 4 is 22.8 Å². The molecule has 0 aliphatic heterocycles. The average molecular weight is 284 g/mol. The first-order valence-electron chi connectivity index (χ1n) is 6.52. The van der Waals surface area contributed by atoms with Gasteiger partial charge in [-0.25, -0.2) is 15.0 Å². The molecule has 2 heterocycles. The predicted molar refractivity (Wildman–Crippen MR) is 79.3 cm³/mol. The number of aromatic amines is 1. The highest BCUT2D eigenvalue weighted by atomic mass is 35.5. The van der Waals surface area contributed by atoms with Gasteiger partial charge in [-0.1, -0.05) is 18.5 Å². The second-order valence-corrected chi connectivity index (χ2v) is 5.14. The first-order chi connectivity index (χ1) is 8.97. The minimum absolute atomic E-state index is 0.405. The molecule has 0 bridgehead atoms. The number of hydrogen-bond acceptors (Lipinski definition) is 4. The summed E-state index contributed by atoms with van der Waals surface area (Å²) in [5.41, 5.74) is 1.28. The van der Waals surface area contributed by atoms with Gasteiger partial charge in [0.05, 0.1) is 6.33 Å². The molecule has 0 aromatic carbocycles. The number of nitrogens with one attached hydrogen (secondary N) is 1. The van der Waals surface area contributed by atoms with E-state index in [2.05, 4.69) is 59.5 Å². The Morgan fingerprint density at radius 1 is 1.16 bits per heavy atom. The Kier molecular flexibility index (Phi) is 6.18. The van der Waals surface area contributed by atoms with Gasteiger partial charge in [-0.2, -0.15) is 0 Å². The summed E-state index contributed by atoms with van der Waals surface area (Å²) in [7, 11) is 0. The third kappa shape index (κ3) is 4.44. The van der Waals surface area contributed by atoms with Crippen LogP contribution in [0.25, 0.3) is 11.2 Å². The van der Waals surface area contributed by atoms with Crippen molar-refractivity contribution in [2.45, 2.75) is 46.7 Å². The second kappa shape index (κ2) is 7.40. The molecule has 106 valence electrons. The molecule has 0 unspecified atom stereocenters. The molecule has 2 aromatic heterocycles. The minimum Gasteiger partial charge on any atom is -0.341 e. The molecule has 0 amide bonds. The zero-order chi connectivity index (χ0) is 14.4. The normalized spacial score (nSPS) is 11.2. The zero-order valence-electron chi connectivity index (χ0n) is 12.2. The van der Waals surface area contributed by atoms with Gasteiger partial charge in [0.15, 0.2) is 10.8 Å². The van der Waals surface area contributed by atoms with Crippen LogP contribution in [0.4, 0.5) is 0 Å². The van der Waals surface area contributed by atoms with Crippen molar-refractivity contribution in [1.82, 2.24) is 24.8 Å². The smallest absolute Gasteiger partial charge is 0.182 e. The maximum absolute atomic E-state index is 5.68. The molecule has 0 aliphatic rings. The first-order valence-corrected chi connectivity index (χ1v) is 6.90. The fourth-order valence-electron chi connectivity index (χ4n) is 2.06. The summed E-state index contributed by atoms with van der Waals surface area (Å²) in [6.45, 7) is 12.3. The van der Waals surface area contributed by atoms with Gasteiger partial charge in [-0.15, -0.1) is 0 Å². The van der Waals surface area contributed by atoms with E-state index >= 15 is 0 Å². The SMILES string of the molecule is CCN(C(C)C)C(C)C.Clc1ncnc2nc[nH]c12. The van der Waals surface area contributed by atoms with Gasteiger partial charge in [0, 0.05) is 12.1 Å². The van der Waals surface area contributed by atoms with Gasteiger partial charge in [-0.3, -0.25) is 4.90 Å². The highest BCUT2D eigenvalue weighted by Gasteiger charge is 2.09. The Hall–Kier alpha value is -1.20. The van der Waals surface area contributed by atoms with Gasteiger partial charge in [0.1, 0.15) is 11.8 Å². The number of fused-ring (bicyclic) bond motifs is 1. The summed E-state index contributed by atoms with van der Waals surface area (Å²) in [6.07, 6.45) is 2.91. The lowest BCUT2D eigenvalue weighted by atomic mass is 10.2. The van der Waals surface area contributed by atoms with Crippen LogP contribution in [0.3, 0.4) is 0 Å². The number of hydrogen-bond donors (Lipinski definition) is 1. The summed E-state index contributed by atoms with van der Waals surface area (Å²) in [5, 5.41) is 0.405. The lowest BCUT2D eigenvalue weighted by Gasteiger charge is -2.28. The lowest BCUT2D eigenvalue weighted by Crippen LogP contribution is -2.36. The third-order valence-corrected chi connectivity index (χ3v) is 3.16. The van der Waals surface area contributed by atoms with E-state index in [4.69, 9.17) is 11.6 Å². The molecule has 0 fully saturated rings. The third-order valence-electron chi connectivity index (χ3n) is 2.87. The van der Waals surface area contributed by atoms with Crippen LogP contribution in [0.1, 0.15) is 34.6 Å². The number of rotatable bonds is 3. The van der Waals surface area contributed by atoms with Gasteiger partial charge in [0.2, 0.25) is 0 Å². The van der Waals surface area contributed by atoms with Crippen LogP contribution in [0.2, 0.25) is 5.15 Å². The van der Waals surface area contributed by atoms with Crippen molar-refractivity contribution in [3.05, 3.63) is 17.8 Å². The summed E-state index contributed by atoms with van der Waals surface area (Å²) in [4.78, 5) is 16.8. The molecule has 2 aromatic rings. The van der Waals surface area contributed by atoms with Gasteiger partial charge in [-0.05, 0) is 34.2 Å². The lowest BCUT2D eigenvalue weighted by molar-refractivity contribution is 0.185. The molecule has 0 saturated carbocycles. The predicted octanol–water partition coefficient (Wildman–Crippen LogP) is 3.13. The highest BCUT2D eigenvalue weighted by molar-refractivity contribution is 6.33. The van der Waals surface area contributed by atoms with Crippen LogP contribution in [0.5, 0.6) is 0 Å². The zero-order valence-corrected chi connectivity index (χ0v) is 12.9. The van der Waals surface area contributed by atoms with Gasteiger partial charge in [0.25, 0.3) is 0 Å². The summed E-state index contributed by atoms with van der Waals surface area (Å²) < 4.78 is 0. The van der Waals surface area contributed by atoms with E-state index in [1.165, 1.54) is 12.7 Å². The van der Waals surface area contributed by atoms with Crippen LogP contribution in [0, 0.1) is 0 Å². The molecule has 6 heteroatoms. The molecule has 0 aliphatic carbocycles. The highest BCUT2D eigenvalue weighted by Crippen LogP contribution is 2.13. The Morgan fingerprint density at radius 2 is 1.79 bits per heavy atom. The molecule has 1 N–H and O–H groups in total. The number of H-pyrrole nitrogens is 1. The van der Waals surface area contributed by atoms with Crippen LogP contribution < -0.4 is 0 Å². The molecule has 5 nitrogen and oxygen atoms in total. The maximum Gasteiger partial charge on any atom is 0.182 e. The van der Waals surface area contributed by atoms with Crippen molar-refractivity contribution in [2.75, 3.05) is 6.54 Å². The van der Waals surface area contributed by atoms with E-state index < -0.39 is 0 Å². The molecule has 0 saturated heterocycles. The van der Waals surface area contributed by atoms with E-state index in [-0.39, 0.29) is 0 Å². The number of aromatic nitrogens is 4. The molecule has 0 atom stereocenters. The van der Waals surface area contributed by atoms with Crippen molar-refractivity contribution < 1.29 is 0 Å². The fourth-order valence-corrected chi connectivity index (χ4v) is 2.24. The molecule has 0 spiro atoms. The van der Waals surface area contributed by atoms with Crippen molar-refractivity contribution in [3.8, 4) is 0 Å². The summed E-state index contributed by atoms with van der Waals surface area (Å²) in [6, 6.07) is 1.38. The summed E-state index contributed by atoms with van der Waals surface area (Å²) >= 11 is 5.68. The van der Waals surface area contributed by atoms with Crippen LogP contribution in [-0.4, -0.2) is 43.5 Å². The monoisotopic (exact) mass is 283 g/mol. The minimum atomic E-state index is 0.405. The number of imidazole rings is 1. The van der Waals surface area contributed by atoms with E-state index in [9.17, 15) is 0 Å². The Bertz CT molecular complexity index is 486. The molecule has 19 heavy (non-hydrogen) atoms. The summed E-state index contributed by atoms with van der Waals surface area (Å²) in [5.74, 6) is 0. The van der Waals surface area contributed by atoms with E-state index in [0.29, 0.717) is 28.4 Å². The standard InChI is InChI=1S/C8H19N.C5H3ClN4/c1-6-9(7(2)3)8(4)5;6-4-3-5(9-1-7-3)10-2-8-4/h7-8H,6H2,1-5H3;1-2H,(H,7,8,9,10). The van der Waals surface area contributed by atoms with E-state index in [1.54, 1.807) is 0 Å². The maximum atomic E-state index is 5.68.